The predicted octanol–water partition coefficient (Wildman–Crippen LogP) is 3.90. The van der Waals surface area contributed by atoms with E-state index in [4.69, 9.17) is 4.74 Å². The minimum absolute atomic E-state index is 0.0514. The minimum atomic E-state index is -3.38. The molecule has 0 spiro atoms. The molecule has 2 aromatic carbocycles. The fourth-order valence-electron chi connectivity index (χ4n) is 3.32. The average Bonchev–Trinajstić information content (AvgIpc) is 3.46. The maximum absolute atomic E-state index is 12.7. The van der Waals surface area contributed by atoms with Crippen LogP contribution < -0.4 is 14.8 Å². The van der Waals surface area contributed by atoms with Gasteiger partial charge in [-0.1, -0.05) is 25.1 Å². The number of nitrogens with one attached hydrogen (secondary N) is 2. The Hall–Kier alpha value is -2.54. The lowest BCUT2D eigenvalue weighted by molar-refractivity contribution is -0.117. The molecule has 2 unspecified atom stereocenters. The van der Waals surface area contributed by atoms with E-state index >= 15 is 0 Å². The van der Waals surface area contributed by atoms with Gasteiger partial charge >= 0.3 is 0 Å². The molecule has 3 rings (SSSR count). The summed E-state index contributed by atoms with van der Waals surface area (Å²) in [6.45, 7) is 3.61. The Morgan fingerprint density at radius 3 is 2.61 bits per heavy atom. The quantitative estimate of drug-likeness (QED) is 0.701. The van der Waals surface area contributed by atoms with E-state index in [2.05, 4.69) is 10.0 Å². The van der Waals surface area contributed by atoms with Crippen molar-refractivity contribution in [2.45, 2.75) is 32.6 Å². The van der Waals surface area contributed by atoms with Crippen molar-refractivity contribution in [2.75, 3.05) is 22.9 Å². The third-order valence-electron chi connectivity index (χ3n) is 4.98. The molecule has 0 bridgehead atoms. The standard InChI is InChI=1S/C21H26N2O4S/c1-4-11-28(25,26)23-20-10-6-9-19(14(20)2)22-21(24)18-13-17(18)15-7-5-8-16(12-15)27-3/h5-10,12,17-18,23H,4,11,13H2,1-3H3,(H,22,24). The molecule has 7 heteroatoms. The van der Waals surface area contributed by atoms with E-state index in [1.807, 2.05) is 31.2 Å². The lowest BCUT2D eigenvalue weighted by Crippen LogP contribution is -2.18. The fourth-order valence-corrected chi connectivity index (χ4v) is 4.52. The Morgan fingerprint density at radius 1 is 1.18 bits per heavy atom. The summed E-state index contributed by atoms with van der Waals surface area (Å²) in [4.78, 5) is 12.7. The van der Waals surface area contributed by atoms with Crippen LogP contribution in [-0.2, 0) is 14.8 Å². The SMILES string of the molecule is CCCS(=O)(=O)Nc1cccc(NC(=O)C2CC2c2cccc(OC)c2)c1C. The molecule has 150 valence electrons. The fraction of sp³-hybridized carbons (Fsp3) is 0.381. The van der Waals surface area contributed by atoms with E-state index in [1.54, 1.807) is 32.2 Å². The third-order valence-corrected chi connectivity index (χ3v) is 6.46. The monoisotopic (exact) mass is 402 g/mol. The van der Waals surface area contributed by atoms with Crippen molar-refractivity contribution in [3.8, 4) is 5.75 Å². The first-order chi connectivity index (χ1) is 13.3. The molecule has 0 aliphatic heterocycles. The van der Waals surface area contributed by atoms with Crippen LogP contribution in [-0.4, -0.2) is 27.2 Å². The van der Waals surface area contributed by atoms with Crippen LogP contribution in [0.15, 0.2) is 42.5 Å². The van der Waals surface area contributed by atoms with Gasteiger partial charge in [0.2, 0.25) is 15.9 Å². The number of anilines is 2. The van der Waals surface area contributed by atoms with E-state index < -0.39 is 10.0 Å². The first kappa shape index (κ1) is 20.2. The number of hydrogen-bond donors (Lipinski definition) is 2. The molecule has 28 heavy (non-hydrogen) atoms. The third kappa shape index (κ3) is 4.65. The van der Waals surface area contributed by atoms with Gasteiger partial charge in [-0.25, -0.2) is 8.42 Å². The topological polar surface area (TPSA) is 84.5 Å². The highest BCUT2D eigenvalue weighted by Gasteiger charge is 2.44. The van der Waals surface area contributed by atoms with E-state index in [1.165, 1.54) is 0 Å². The molecule has 6 nitrogen and oxygen atoms in total. The number of ether oxygens (including phenoxy) is 1. The predicted molar refractivity (Wildman–Crippen MR) is 111 cm³/mol. The second kappa shape index (κ2) is 8.22. The second-order valence-corrected chi connectivity index (χ2v) is 8.96. The Labute approximate surface area is 166 Å². The Balaban J connectivity index is 1.69. The maximum atomic E-state index is 12.7. The van der Waals surface area contributed by atoms with Crippen LogP contribution in [0.1, 0.15) is 36.8 Å². The summed E-state index contributed by atoms with van der Waals surface area (Å²) in [5.41, 5.74) is 2.91. The number of carbonyl (C=O) groups excluding carboxylic acids is 1. The van der Waals surface area contributed by atoms with Crippen LogP contribution in [0.25, 0.3) is 0 Å². The molecule has 2 N–H and O–H groups in total. The highest BCUT2D eigenvalue weighted by Crippen LogP contribution is 2.48. The number of sulfonamides is 1. The molecule has 1 aliphatic rings. The molecule has 0 radical (unpaired) electrons. The molecular formula is C21H26N2O4S. The van der Waals surface area contributed by atoms with Crippen LogP contribution in [0.2, 0.25) is 0 Å². The van der Waals surface area contributed by atoms with Crippen molar-refractivity contribution in [3.05, 3.63) is 53.6 Å². The molecule has 0 aromatic heterocycles. The van der Waals surface area contributed by atoms with E-state index in [0.717, 1.165) is 17.7 Å². The van der Waals surface area contributed by atoms with Gasteiger partial charge in [-0.3, -0.25) is 9.52 Å². The summed E-state index contributed by atoms with van der Waals surface area (Å²) in [7, 11) is -1.76. The van der Waals surface area contributed by atoms with Gasteiger partial charge in [0.05, 0.1) is 18.6 Å². The van der Waals surface area contributed by atoms with Crippen molar-refractivity contribution < 1.29 is 17.9 Å². The Kier molecular flexibility index (Phi) is 5.93. The second-order valence-electron chi connectivity index (χ2n) is 7.11. The summed E-state index contributed by atoms with van der Waals surface area (Å²) in [6.07, 6.45) is 1.33. The largest absolute Gasteiger partial charge is 0.497 e. The molecule has 2 aromatic rings. The Morgan fingerprint density at radius 2 is 1.89 bits per heavy atom. The van der Waals surface area contributed by atoms with Crippen molar-refractivity contribution in [3.63, 3.8) is 0 Å². The van der Waals surface area contributed by atoms with Crippen LogP contribution >= 0.6 is 0 Å². The van der Waals surface area contributed by atoms with Crippen LogP contribution in [0, 0.1) is 12.8 Å². The molecule has 1 amide bonds. The molecular weight excluding hydrogens is 376 g/mol. The summed E-state index contributed by atoms with van der Waals surface area (Å²) in [5, 5.41) is 2.95. The van der Waals surface area contributed by atoms with Gasteiger partial charge in [-0.2, -0.15) is 0 Å². The number of carbonyl (C=O) groups is 1. The number of rotatable bonds is 8. The zero-order chi connectivity index (χ0) is 20.3. The summed E-state index contributed by atoms with van der Waals surface area (Å²) in [6, 6.07) is 13.0. The van der Waals surface area contributed by atoms with Gasteiger partial charge in [0.15, 0.2) is 0 Å². The zero-order valence-corrected chi connectivity index (χ0v) is 17.2. The number of hydrogen-bond acceptors (Lipinski definition) is 4. The maximum Gasteiger partial charge on any atom is 0.232 e. The smallest absolute Gasteiger partial charge is 0.232 e. The van der Waals surface area contributed by atoms with Gasteiger partial charge in [-0.15, -0.1) is 0 Å². The molecule has 1 aliphatic carbocycles. The lowest BCUT2D eigenvalue weighted by Gasteiger charge is -2.14. The van der Waals surface area contributed by atoms with Gasteiger partial charge in [0.1, 0.15) is 5.75 Å². The number of benzene rings is 2. The summed E-state index contributed by atoms with van der Waals surface area (Å²) in [5.74, 6) is 0.886. The van der Waals surface area contributed by atoms with E-state index in [-0.39, 0.29) is 23.5 Å². The van der Waals surface area contributed by atoms with Crippen molar-refractivity contribution in [1.82, 2.24) is 0 Å². The van der Waals surface area contributed by atoms with Gasteiger partial charge in [0.25, 0.3) is 0 Å². The lowest BCUT2D eigenvalue weighted by atomic mass is 10.1. The van der Waals surface area contributed by atoms with Gasteiger partial charge in [0, 0.05) is 11.6 Å². The normalized spacial score (nSPS) is 18.4. The van der Waals surface area contributed by atoms with Gasteiger partial charge in [-0.05, 0) is 61.1 Å². The van der Waals surface area contributed by atoms with Crippen LogP contribution in [0.3, 0.4) is 0 Å². The highest BCUT2D eigenvalue weighted by molar-refractivity contribution is 7.92. The molecule has 2 atom stereocenters. The van der Waals surface area contributed by atoms with Crippen molar-refractivity contribution in [2.24, 2.45) is 5.92 Å². The number of methoxy groups -OCH3 is 1. The van der Waals surface area contributed by atoms with Crippen LogP contribution in [0.5, 0.6) is 5.75 Å². The van der Waals surface area contributed by atoms with Crippen molar-refractivity contribution in [1.29, 1.82) is 0 Å². The van der Waals surface area contributed by atoms with Crippen LogP contribution in [0.4, 0.5) is 11.4 Å². The summed E-state index contributed by atoms with van der Waals surface area (Å²) < 4.78 is 31.9. The highest BCUT2D eigenvalue weighted by atomic mass is 32.2. The average molecular weight is 403 g/mol. The first-order valence-electron chi connectivity index (χ1n) is 9.39. The van der Waals surface area contributed by atoms with Gasteiger partial charge < -0.3 is 10.1 Å². The zero-order valence-electron chi connectivity index (χ0n) is 16.4. The van der Waals surface area contributed by atoms with E-state index in [0.29, 0.717) is 23.4 Å². The Bertz CT molecular complexity index is 972. The first-order valence-corrected chi connectivity index (χ1v) is 11.0. The van der Waals surface area contributed by atoms with E-state index in [9.17, 15) is 13.2 Å². The molecule has 0 heterocycles. The minimum Gasteiger partial charge on any atom is -0.497 e. The molecule has 1 saturated carbocycles. The summed E-state index contributed by atoms with van der Waals surface area (Å²) >= 11 is 0. The van der Waals surface area contributed by atoms with Crippen molar-refractivity contribution >= 4 is 27.3 Å². The molecule has 1 fully saturated rings. The molecule has 0 saturated heterocycles. The number of amides is 1.